The van der Waals surface area contributed by atoms with Gasteiger partial charge in [-0.3, -0.25) is 4.98 Å². The monoisotopic (exact) mass is 374 g/mol. The first-order chi connectivity index (χ1) is 12.5. The van der Waals surface area contributed by atoms with Gasteiger partial charge in [-0.1, -0.05) is 23.7 Å². The zero-order valence-electron chi connectivity index (χ0n) is 14.0. The van der Waals surface area contributed by atoms with Gasteiger partial charge in [-0.15, -0.1) is 0 Å². The Morgan fingerprint density at radius 3 is 2.62 bits per heavy atom. The maximum absolute atomic E-state index is 13.4. The molecule has 0 aliphatic heterocycles. The molecule has 3 rings (SSSR count). The standard InChI is InChI=1S/C20H17ClF2N2O/c1-13(14-5-7-18(22)19(23)10-14)25-15-6-8-20(17(21)11-15)26-12-16-4-2-3-9-24-16/h2-11,13,25H,12H2,1H3. The van der Waals surface area contributed by atoms with Crippen LogP contribution in [0.3, 0.4) is 0 Å². The van der Waals surface area contributed by atoms with Crippen molar-refractivity contribution in [3.8, 4) is 5.75 Å². The number of pyridine rings is 1. The van der Waals surface area contributed by atoms with E-state index < -0.39 is 11.6 Å². The zero-order valence-corrected chi connectivity index (χ0v) is 14.8. The SMILES string of the molecule is CC(Nc1ccc(OCc2ccccn2)c(Cl)c1)c1ccc(F)c(F)c1. The summed E-state index contributed by atoms with van der Waals surface area (Å²) < 4.78 is 32.1. The highest BCUT2D eigenvalue weighted by molar-refractivity contribution is 6.32. The molecule has 0 aliphatic carbocycles. The molecule has 0 saturated heterocycles. The lowest BCUT2D eigenvalue weighted by molar-refractivity contribution is 0.301. The van der Waals surface area contributed by atoms with E-state index in [1.165, 1.54) is 6.07 Å². The Bertz CT molecular complexity index is 890. The highest BCUT2D eigenvalue weighted by Crippen LogP contribution is 2.30. The van der Waals surface area contributed by atoms with Gasteiger partial charge in [0.25, 0.3) is 0 Å². The first-order valence-corrected chi connectivity index (χ1v) is 8.44. The summed E-state index contributed by atoms with van der Waals surface area (Å²) in [6.45, 7) is 2.17. The minimum Gasteiger partial charge on any atom is -0.486 e. The molecule has 1 heterocycles. The normalized spacial score (nSPS) is 11.8. The van der Waals surface area contributed by atoms with Crippen molar-refractivity contribution in [3.63, 3.8) is 0 Å². The first-order valence-electron chi connectivity index (χ1n) is 8.06. The van der Waals surface area contributed by atoms with E-state index in [0.717, 1.165) is 17.4 Å². The van der Waals surface area contributed by atoms with Gasteiger partial charge in [-0.25, -0.2) is 8.78 Å². The molecule has 0 amide bonds. The number of halogens is 3. The van der Waals surface area contributed by atoms with Gasteiger partial charge in [0.15, 0.2) is 11.6 Å². The Balaban J connectivity index is 1.66. The van der Waals surface area contributed by atoms with Crippen molar-refractivity contribution in [2.24, 2.45) is 0 Å². The third kappa shape index (κ3) is 4.49. The number of aromatic nitrogens is 1. The van der Waals surface area contributed by atoms with Crippen molar-refractivity contribution < 1.29 is 13.5 Å². The molecule has 0 fully saturated rings. The maximum atomic E-state index is 13.4. The van der Waals surface area contributed by atoms with Crippen LogP contribution in [0.25, 0.3) is 0 Å². The number of rotatable bonds is 6. The lowest BCUT2D eigenvalue weighted by atomic mass is 10.1. The number of nitrogens with zero attached hydrogens (tertiary/aromatic N) is 1. The molecule has 134 valence electrons. The lowest BCUT2D eigenvalue weighted by Gasteiger charge is -2.17. The second kappa shape index (κ2) is 8.15. The summed E-state index contributed by atoms with van der Waals surface area (Å²) >= 11 is 6.28. The first kappa shape index (κ1) is 18.1. The Morgan fingerprint density at radius 1 is 1.08 bits per heavy atom. The second-order valence-electron chi connectivity index (χ2n) is 5.79. The smallest absolute Gasteiger partial charge is 0.159 e. The van der Waals surface area contributed by atoms with Crippen LogP contribution in [0.15, 0.2) is 60.8 Å². The molecule has 0 spiro atoms. The van der Waals surface area contributed by atoms with Gasteiger partial charge in [-0.2, -0.15) is 0 Å². The number of nitrogens with one attached hydrogen (secondary N) is 1. The van der Waals surface area contributed by atoms with Crippen LogP contribution in [0, 0.1) is 11.6 Å². The van der Waals surface area contributed by atoms with Gasteiger partial charge in [-0.05, 0) is 55.0 Å². The number of hydrogen-bond acceptors (Lipinski definition) is 3. The number of anilines is 1. The molecule has 0 radical (unpaired) electrons. The van der Waals surface area contributed by atoms with E-state index in [4.69, 9.17) is 16.3 Å². The molecule has 1 N–H and O–H groups in total. The van der Waals surface area contributed by atoms with Gasteiger partial charge in [0, 0.05) is 17.9 Å². The van der Waals surface area contributed by atoms with Gasteiger partial charge >= 0.3 is 0 Å². The van der Waals surface area contributed by atoms with Crippen molar-refractivity contribution in [2.45, 2.75) is 19.6 Å². The Labute approximate surface area is 155 Å². The molecule has 0 bridgehead atoms. The van der Waals surface area contributed by atoms with E-state index in [-0.39, 0.29) is 6.04 Å². The third-order valence-corrected chi connectivity index (χ3v) is 4.16. The van der Waals surface area contributed by atoms with E-state index in [1.54, 1.807) is 24.4 Å². The molecule has 3 aromatic rings. The molecule has 1 unspecified atom stereocenters. The molecular formula is C20H17ClF2N2O. The van der Waals surface area contributed by atoms with Gasteiger partial charge in [0.05, 0.1) is 10.7 Å². The third-order valence-electron chi connectivity index (χ3n) is 3.86. The minimum atomic E-state index is -0.868. The zero-order chi connectivity index (χ0) is 18.5. The minimum absolute atomic E-state index is 0.221. The Morgan fingerprint density at radius 2 is 1.92 bits per heavy atom. The van der Waals surface area contributed by atoms with Crippen LogP contribution in [-0.2, 0) is 6.61 Å². The van der Waals surface area contributed by atoms with Crippen molar-refractivity contribution in [2.75, 3.05) is 5.32 Å². The largest absolute Gasteiger partial charge is 0.486 e. The average Bonchev–Trinajstić information content (AvgIpc) is 2.64. The average molecular weight is 375 g/mol. The van der Waals surface area contributed by atoms with E-state index in [9.17, 15) is 8.78 Å². The quantitative estimate of drug-likeness (QED) is 0.595. The Hall–Kier alpha value is -2.66. The van der Waals surface area contributed by atoms with E-state index in [0.29, 0.717) is 22.9 Å². The molecule has 3 nitrogen and oxygen atoms in total. The fourth-order valence-electron chi connectivity index (χ4n) is 2.46. The van der Waals surface area contributed by atoms with E-state index >= 15 is 0 Å². The summed E-state index contributed by atoms with van der Waals surface area (Å²) in [5.74, 6) is -1.19. The summed E-state index contributed by atoms with van der Waals surface area (Å²) in [6.07, 6.45) is 1.70. The van der Waals surface area contributed by atoms with E-state index in [2.05, 4.69) is 10.3 Å². The van der Waals surface area contributed by atoms with Crippen LogP contribution in [0.2, 0.25) is 5.02 Å². The van der Waals surface area contributed by atoms with Crippen LogP contribution in [0.5, 0.6) is 5.75 Å². The number of hydrogen-bond donors (Lipinski definition) is 1. The molecule has 0 saturated carbocycles. The molecule has 2 aromatic carbocycles. The highest BCUT2D eigenvalue weighted by atomic mass is 35.5. The predicted octanol–water partition coefficient (Wildman–Crippen LogP) is 5.77. The second-order valence-corrected chi connectivity index (χ2v) is 6.20. The van der Waals surface area contributed by atoms with Crippen LogP contribution in [0.4, 0.5) is 14.5 Å². The fourth-order valence-corrected chi connectivity index (χ4v) is 2.69. The summed E-state index contributed by atoms with van der Waals surface area (Å²) in [5, 5.41) is 3.65. The Kier molecular flexibility index (Phi) is 5.68. The van der Waals surface area contributed by atoms with Gasteiger partial charge < -0.3 is 10.1 Å². The number of ether oxygens (including phenoxy) is 1. The van der Waals surface area contributed by atoms with Crippen molar-refractivity contribution in [1.29, 1.82) is 0 Å². The summed E-state index contributed by atoms with van der Waals surface area (Å²) in [7, 11) is 0. The van der Waals surface area contributed by atoms with Gasteiger partial charge in [0.2, 0.25) is 0 Å². The van der Waals surface area contributed by atoms with Crippen LogP contribution < -0.4 is 10.1 Å². The maximum Gasteiger partial charge on any atom is 0.159 e. The van der Waals surface area contributed by atoms with Crippen molar-refractivity contribution >= 4 is 17.3 Å². The molecule has 1 aromatic heterocycles. The summed E-state index contributed by atoms with van der Waals surface area (Å²) in [6, 6.07) is 14.5. The lowest BCUT2D eigenvalue weighted by Crippen LogP contribution is -2.07. The molecular weight excluding hydrogens is 358 g/mol. The summed E-state index contributed by atoms with van der Waals surface area (Å²) in [5.41, 5.74) is 2.19. The predicted molar refractivity (Wildman–Crippen MR) is 98.4 cm³/mol. The molecule has 0 aliphatic rings. The van der Waals surface area contributed by atoms with Crippen molar-refractivity contribution in [3.05, 3.63) is 88.7 Å². The van der Waals surface area contributed by atoms with E-state index in [1.807, 2.05) is 31.2 Å². The van der Waals surface area contributed by atoms with Crippen LogP contribution in [0.1, 0.15) is 24.2 Å². The molecule has 1 atom stereocenters. The summed E-state index contributed by atoms with van der Waals surface area (Å²) in [4.78, 5) is 4.19. The van der Waals surface area contributed by atoms with Crippen LogP contribution in [-0.4, -0.2) is 4.98 Å². The van der Waals surface area contributed by atoms with Crippen molar-refractivity contribution in [1.82, 2.24) is 4.98 Å². The fraction of sp³-hybridized carbons (Fsp3) is 0.150. The molecule has 6 heteroatoms. The van der Waals surface area contributed by atoms with Gasteiger partial charge in [0.1, 0.15) is 12.4 Å². The van der Waals surface area contributed by atoms with Crippen LogP contribution >= 0.6 is 11.6 Å². The number of benzene rings is 2. The topological polar surface area (TPSA) is 34.1 Å². The molecule has 26 heavy (non-hydrogen) atoms. The highest BCUT2D eigenvalue weighted by Gasteiger charge is 2.11.